The van der Waals surface area contributed by atoms with E-state index in [1.807, 2.05) is 0 Å². The van der Waals surface area contributed by atoms with E-state index in [2.05, 4.69) is 0 Å². The summed E-state index contributed by atoms with van der Waals surface area (Å²) in [5.74, 6) is 0. The zero-order valence-electron chi connectivity index (χ0n) is 2.08. The van der Waals surface area contributed by atoms with Crippen LogP contribution >= 0.6 is 29.7 Å². The van der Waals surface area contributed by atoms with Gasteiger partial charge in [0.25, 0.3) is 0 Å². The van der Waals surface area contributed by atoms with Crippen LogP contribution in [0, 0.1) is 0 Å². The molecule has 5 heavy (non-hydrogen) atoms. The van der Waals surface area contributed by atoms with E-state index >= 15 is 0 Å². The fourth-order valence-electron chi connectivity index (χ4n) is 0. The molecule has 0 atom stereocenters. The quantitative estimate of drug-likeness (QED) is 0.475. The zero-order chi connectivity index (χ0) is 0. The van der Waals surface area contributed by atoms with E-state index in [1.54, 1.807) is 0 Å². The largest absolute Gasteiger partial charge is 6.00 e. The van der Waals surface area contributed by atoms with Crippen molar-refractivity contribution >= 4 is 29.7 Å². The van der Waals surface area contributed by atoms with E-state index in [4.69, 9.17) is 0 Å². The topological polar surface area (TPSA) is 0 Å². The first-order chi connectivity index (χ1) is 0. The third kappa shape index (κ3) is 20.7. The molecular formula is MoP3Rh. The molecule has 0 amide bonds. The van der Waals surface area contributed by atoms with Gasteiger partial charge in [0.05, 0.1) is 0 Å². The second-order valence-electron chi connectivity index (χ2n) is 0. The maximum Gasteiger partial charge on any atom is 6.00 e. The number of hydrogen-bond acceptors (Lipinski definition) is 0. The van der Waals surface area contributed by atoms with Crippen LogP contribution in [0.2, 0.25) is 0 Å². The van der Waals surface area contributed by atoms with Gasteiger partial charge in [-0.05, 0) is 0 Å². The van der Waals surface area contributed by atoms with Crippen molar-refractivity contribution in [1.82, 2.24) is 0 Å². The first kappa shape index (κ1) is 48.9. The Balaban J connectivity index is 0. The Bertz CT molecular complexity index is 6.85. The molecule has 0 aromatic heterocycles. The summed E-state index contributed by atoms with van der Waals surface area (Å²) in [6.45, 7) is 0. The SMILES string of the molecule is [Mo+6].[P-3].[P-3].[P-3].[Rh+3]. The Labute approximate surface area is 69.9 Å². The second-order valence-corrected chi connectivity index (χ2v) is 0. The van der Waals surface area contributed by atoms with E-state index in [-0.39, 0.29) is 70.2 Å². The third-order valence-corrected chi connectivity index (χ3v) is 0. The molecule has 0 nitrogen and oxygen atoms in total. The molecule has 0 bridgehead atoms. The van der Waals surface area contributed by atoms with Crippen molar-refractivity contribution in [2.24, 2.45) is 0 Å². The molecule has 0 radical (unpaired) electrons. The van der Waals surface area contributed by atoms with Gasteiger partial charge >= 0.3 is 40.5 Å². The van der Waals surface area contributed by atoms with Crippen LogP contribution in [0.5, 0.6) is 0 Å². The first-order valence-corrected chi connectivity index (χ1v) is 0. The average molecular weight is 292 g/mol. The van der Waals surface area contributed by atoms with Gasteiger partial charge in [0.15, 0.2) is 0 Å². The fraction of sp³-hybridized carbons (Fsp3) is 0. The van der Waals surface area contributed by atoms with E-state index in [0.29, 0.717) is 0 Å². The molecule has 0 spiro atoms. The van der Waals surface area contributed by atoms with E-state index < -0.39 is 0 Å². The normalized spacial score (nSPS) is 0. The number of rotatable bonds is 0. The summed E-state index contributed by atoms with van der Waals surface area (Å²) in [6.07, 6.45) is 0. The maximum atomic E-state index is 0. The molecule has 0 saturated carbocycles. The Morgan fingerprint density at radius 3 is 0.600 bits per heavy atom. The summed E-state index contributed by atoms with van der Waals surface area (Å²) in [5.41, 5.74) is 0. The molecule has 0 aromatic carbocycles. The summed E-state index contributed by atoms with van der Waals surface area (Å²) in [4.78, 5) is 0. The molecule has 0 N–H and O–H groups in total. The van der Waals surface area contributed by atoms with Crippen LogP contribution in [0.15, 0.2) is 0 Å². The molecule has 0 aliphatic rings. The molecule has 5 heteroatoms. The summed E-state index contributed by atoms with van der Waals surface area (Å²) >= 11 is 0. The van der Waals surface area contributed by atoms with Crippen LogP contribution in [0.3, 0.4) is 0 Å². The van der Waals surface area contributed by atoms with Crippen molar-refractivity contribution in [2.45, 2.75) is 0 Å². The molecule has 0 aliphatic heterocycles. The monoisotopic (exact) mass is 294 g/mol. The Kier molecular flexibility index (Phi) is 300. The van der Waals surface area contributed by atoms with Crippen LogP contribution in [-0.4, -0.2) is 0 Å². The molecule has 0 aromatic rings. The predicted molar refractivity (Wildman–Crippen MR) is 20.8 cm³/mol. The standard InChI is InChI=1S/Mo.3P.Rh/q+6;3*-3;+3. The molecule has 0 saturated heterocycles. The van der Waals surface area contributed by atoms with E-state index in [9.17, 15) is 0 Å². The molecule has 0 heterocycles. The summed E-state index contributed by atoms with van der Waals surface area (Å²) in [7, 11) is 0. The van der Waals surface area contributed by atoms with Crippen LogP contribution in [-0.2, 0) is 40.5 Å². The molecule has 0 unspecified atom stereocenters. The Hall–Kier alpha value is 2.60. The van der Waals surface area contributed by atoms with Gasteiger partial charge < -0.3 is 29.7 Å². The van der Waals surface area contributed by atoms with Gasteiger partial charge in [0.2, 0.25) is 0 Å². The molecule has 30 valence electrons. The van der Waals surface area contributed by atoms with Crippen molar-refractivity contribution < 1.29 is 40.5 Å². The Morgan fingerprint density at radius 2 is 0.600 bits per heavy atom. The van der Waals surface area contributed by atoms with Crippen molar-refractivity contribution in [2.75, 3.05) is 0 Å². The Morgan fingerprint density at radius 1 is 0.600 bits per heavy atom. The van der Waals surface area contributed by atoms with Crippen LogP contribution < -0.4 is 0 Å². The third-order valence-electron chi connectivity index (χ3n) is 0. The van der Waals surface area contributed by atoms with Crippen molar-refractivity contribution in [1.29, 1.82) is 0 Å². The van der Waals surface area contributed by atoms with Gasteiger partial charge in [-0.15, -0.1) is 0 Å². The number of hydrogen-bond donors (Lipinski definition) is 0. The van der Waals surface area contributed by atoms with Gasteiger partial charge in [-0.25, -0.2) is 0 Å². The van der Waals surface area contributed by atoms with Crippen LogP contribution in [0.4, 0.5) is 0 Å². The van der Waals surface area contributed by atoms with E-state index in [1.165, 1.54) is 0 Å². The summed E-state index contributed by atoms with van der Waals surface area (Å²) in [5, 5.41) is 0. The zero-order valence-corrected chi connectivity index (χ0v) is 8.41. The average Bonchev–Trinajstić information content (AvgIpc) is 0. The van der Waals surface area contributed by atoms with Gasteiger partial charge in [0.1, 0.15) is 0 Å². The first-order valence-electron chi connectivity index (χ1n) is 0. The second kappa shape index (κ2) is 30.6. The molecule has 0 rings (SSSR count). The molecule has 0 fully saturated rings. The van der Waals surface area contributed by atoms with Gasteiger partial charge in [-0.1, -0.05) is 0 Å². The smallest absolute Gasteiger partial charge is 3.00 e. The van der Waals surface area contributed by atoms with Crippen molar-refractivity contribution in [3.63, 3.8) is 0 Å². The minimum Gasteiger partial charge on any atom is -3.00 e. The van der Waals surface area contributed by atoms with Crippen molar-refractivity contribution in [3.05, 3.63) is 0 Å². The predicted octanol–water partition coefficient (Wildman–Crippen LogP) is 2.58. The maximum absolute atomic E-state index is 0. The van der Waals surface area contributed by atoms with E-state index in [0.717, 1.165) is 0 Å². The minimum atomic E-state index is 0. The molecule has 0 aliphatic carbocycles. The van der Waals surface area contributed by atoms with Gasteiger partial charge in [0, 0.05) is 0 Å². The van der Waals surface area contributed by atoms with Gasteiger partial charge in [-0.2, -0.15) is 0 Å². The molecular weight excluding hydrogens is 292 g/mol. The van der Waals surface area contributed by atoms with Crippen LogP contribution in [0.25, 0.3) is 0 Å². The fourth-order valence-corrected chi connectivity index (χ4v) is 0. The van der Waals surface area contributed by atoms with Gasteiger partial charge in [-0.3, -0.25) is 0 Å². The summed E-state index contributed by atoms with van der Waals surface area (Å²) in [6, 6.07) is 0. The summed E-state index contributed by atoms with van der Waals surface area (Å²) < 4.78 is 0. The van der Waals surface area contributed by atoms with Crippen LogP contribution in [0.1, 0.15) is 0 Å². The minimum absolute atomic E-state index is 0. The van der Waals surface area contributed by atoms with Crippen molar-refractivity contribution in [3.8, 4) is 0 Å².